The minimum Gasteiger partial charge on any atom is -0.427 e. The summed E-state index contributed by atoms with van der Waals surface area (Å²) in [6.07, 6.45) is 0. The largest absolute Gasteiger partial charge is 0.427 e. The molecule has 1 N–H and O–H groups in total. The van der Waals surface area contributed by atoms with Crippen molar-refractivity contribution in [3.8, 4) is 16.9 Å². The van der Waals surface area contributed by atoms with Gasteiger partial charge in [-0.15, -0.1) is 0 Å². The van der Waals surface area contributed by atoms with Crippen LogP contribution in [0, 0.1) is 0 Å². The van der Waals surface area contributed by atoms with Crippen molar-refractivity contribution in [2.45, 2.75) is 6.92 Å². The first-order valence-corrected chi connectivity index (χ1v) is 8.64. The monoisotopic (exact) mass is 353 g/mol. The number of esters is 1. The molecule has 26 heavy (non-hydrogen) atoms. The number of benzene rings is 2. The number of amides is 1. The van der Waals surface area contributed by atoms with Crippen LogP contribution in [0.3, 0.4) is 0 Å². The lowest BCUT2D eigenvalue weighted by Gasteiger charge is -2.32. The lowest BCUT2D eigenvalue weighted by Crippen LogP contribution is -2.52. The average molecular weight is 353 g/mol. The maximum atomic E-state index is 12.4. The predicted octanol–water partition coefficient (Wildman–Crippen LogP) is 2.17. The van der Waals surface area contributed by atoms with Gasteiger partial charge in [0.05, 0.1) is 0 Å². The molecule has 0 saturated carbocycles. The Hall–Kier alpha value is -2.70. The highest BCUT2D eigenvalue weighted by molar-refractivity contribution is 5.94. The second kappa shape index (κ2) is 8.12. The molecular weight excluding hydrogens is 330 g/mol. The highest BCUT2D eigenvalue weighted by atomic mass is 16.5. The van der Waals surface area contributed by atoms with Gasteiger partial charge in [0.15, 0.2) is 0 Å². The van der Waals surface area contributed by atoms with Crippen molar-refractivity contribution in [2.24, 2.45) is 0 Å². The maximum absolute atomic E-state index is 12.4. The Labute approximate surface area is 153 Å². The Morgan fingerprint density at radius 1 is 0.885 bits per heavy atom. The summed E-state index contributed by atoms with van der Waals surface area (Å²) in [6, 6.07) is 14.8. The molecule has 136 valence electrons. The lowest BCUT2D eigenvalue weighted by molar-refractivity contribution is -0.131. The Kier molecular flexibility index (Phi) is 5.65. The molecule has 1 fully saturated rings. The molecule has 2 aromatic carbocycles. The van der Waals surface area contributed by atoms with Gasteiger partial charge in [-0.2, -0.15) is 0 Å². The van der Waals surface area contributed by atoms with Gasteiger partial charge in [0.1, 0.15) is 5.75 Å². The quantitative estimate of drug-likeness (QED) is 0.674. The van der Waals surface area contributed by atoms with Gasteiger partial charge in [0.25, 0.3) is 5.91 Å². The second-order valence-corrected chi connectivity index (χ2v) is 6.43. The summed E-state index contributed by atoms with van der Waals surface area (Å²) in [7, 11) is 2.08. The standard InChI is InChI=1S/C20H23N3O3/c1-15(24)26-19-9-7-17(8-10-19)16-3-5-18(6-4-16)20(25)21-23-13-11-22(2)12-14-23/h3-10H,11-14H2,1-2H3,(H,21,25). The van der Waals surface area contributed by atoms with E-state index in [1.54, 1.807) is 12.1 Å². The molecule has 0 atom stereocenters. The van der Waals surface area contributed by atoms with Gasteiger partial charge in [-0.25, -0.2) is 5.01 Å². The number of carbonyl (C=O) groups is 2. The highest BCUT2D eigenvalue weighted by Gasteiger charge is 2.16. The Balaban J connectivity index is 1.62. The summed E-state index contributed by atoms with van der Waals surface area (Å²) >= 11 is 0. The zero-order valence-corrected chi connectivity index (χ0v) is 15.1. The smallest absolute Gasteiger partial charge is 0.308 e. The minimum atomic E-state index is -0.339. The molecule has 1 saturated heterocycles. The van der Waals surface area contributed by atoms with Crippen LogP contribution in [0.15, 0.2) is 48.5 Å². The molecule has 1 heterocycles. The molecule has 0 radical (unpaired) electrons. The van der Waals surface area contributed by atoms with E-state index in [0.717, 1.165) is 37.3 Å². The van der Waals surface area contributed by atoms with Crippen molar-refractivity contribution in [2.75, 3.05) is 33.2 Å². The molecule has 6 heteroatoms. The molecule has 1 aliphatic rings. The summed E-state index contributed by atoms with van der Waals surface area (Å²) in [4.78, 5) is 25.6. The molecule has 0 bridgehead atoms. The fourth-order valence-electron chi connectivity index (χ4n) is 2.82. The molecular formula is C20H23N3O3. The van der Waals surface area contributed by atoms with Crippen LogP contribution in [0.1, 0.15) is 17.3 Å². The summed E-state index contributed by atoms with van der Waals surface area (Å²) in [6.45, 7) is 4.93. The molecule has 1 aliphatic heterocycles. The molecule has 1 amide bonds. The average Bonchev–Trinajstić information content (AvgIpc) is 2.64. The van der Waals surface area contributed by atoms with E-state index in [0.29, 0.717) is 11.3 Å². The summed E-state index contributed by atoms with van der Waals surface area (Å²) in [5, 5.41) is 1.96. The van der Waals surface area contributed by atoms with Gasteiger partial charge in [-0.3, -0.25) is 15.0 Å². The van der Waals surface area contributed by atoms with E-state index in [4.69, 9.17) is 4.74 Å². The van der Waals surface area contributed by atoms with Crippen molar-refractivity contribution in [3.63, 3.8) is 0 Å². The summed E-state index contributed by atoms with van der Waals surface area (Å²) < 4.78 is 5.03. The number of ether oxygens (including phenoxy) is 1. The number of piperazine rings is 1. The summed E-state index contributed by atoms with van der Waals surface area (Å²) in [5.74, 6) is 0.0872. The van der Waals surface area contributed by atoms with Gasteiger partial charge in [0.2, 0.25) is 0 Å². The minimum absolute atomic E-state index is 0.0914. The number of nitrogens with one attached hydrogen (secondary N) is 1. The Morgan fingerprint density at radius 2 is 1.42 bits per heavy atom. The first-order valence-electron chi connectivity index (χ1n) is 8.64. The first-order chi connectivity index (χ1) is 12.5. The van der Waals surface area contributed by atoms with Gasteiger partial charge < -0.3 is 9.64 Å². The normalized spacial score (nSPS) is 15.5. The number of likely N-dealkylation sites (N-methyl/N-ethyl adjacent to an activating group) is 1. The number of rotatable bonds is 4. The van der Waals surface area contributed by atoms with Crippen LogP contribution in [0.4, 0.5) is 0 Å². The van der Waals surface area contributed by atoms with E-state index >= 15 is 0 Å². The first kappa shape index (κ1) is 18.1. The van der Waals surface area contributed by atoms with Gasteiger partial charge in [-0.05, 0) is 42.4 Å². The highest BCUT2D eigenvalue weighted by Crippen LogP contribution is 2.23. The zero-order chi connectivity index (χ0) is 18.5. The van der Waals surface area contributed by atoms with E-state index in [-0.39, 0.29) is 11.9 Å². The van der Waals surface area contributed by atoms with E-state index < -0.39 is 0 Å². The molecule has 0 unspecified atom stereocenters. The number of hydrogen-bond donors (Lipinski definition) is 1. The van der Waals surface area contributed by atoms with Gasteiger partial charge in [0, 0.05) is 38.7 Å². The van der Waals surface area contributed by atoms with Gasteiger partial charge in [-0.1, -0.05) is 24.3 Å². The molecule has 0 aromatic heterocycles. The molecule has 0 aliphatic carbocycles. The summed E-state index contributed by atoms with van der Waals surface area (Å²) in [5.41, 5.74) is 5.58. The van der Waals surface area contributed by atoms with Crippen molar-refractivity contribution in [3.05, 3.63) is 54.1 Å². The van der Waals surface area contributed by atoms with Crippen LogP contribution in [-0.4, -0.2) is 55.0 Å². The van der Waals surface area contributed by atoms with E-state index in [1.807, 2.05) is 41.4 Å². The van der Waals surface area contributed by atoms with Crippen LogP contribution in [-0.2, 0) is 4.79 Å². The van der Waals surface area contributed by atoms with Crippen LogP contribution < -0.4 is 10.2 Å². The van der Waals surface area contributed by atoms with Crippen molar-refractivity contribution >= 4 is 11.9 Å². The van der Waals surface area contributed by atoms with E-state index in [9.17, 15) is 9.59 Å². The van der Waals surface area contributed by atoms with Crippen LogP contribution in [0.2, 0.25) is 0 Å². The fourth-order valence-corrected chi connectivity index (χ4v) is 2.82. The SMILES string of the molecule is CC(=O)Oc1ccc(-c2ccc(C(=O)NN3CCN(C)CC3)cc2)cc1. The maximum Gasteiger partial charge on any atom is 0.308 e. The number of hydrazine groups is 1. The van der Waals surface area contributed by atoms with E-state index in [2.05, 4.69) is 17.4 Å². The number of hydrogen-bond acceptors (Lipinski definition) is 5. The molecule has 6 nitrogen and oxygen atoms in total. The molecule has 3 rings (SSSR count). The van der Waals surface area contributed by atoms with Crippen molar-refractivity contribution < 1.29 is 14.3 Å². The lowest BCUT2D eigenvalue weighted by atomic mass is 10.0. The fraction of sp³-hybridized carbons (Fsp3) is 0.300. The third kappa shape index (κ3) is 4.68. The van der Waals surface area contributed by atoms with Crippen LogP contribution in [0.25, 0.3) is 11.1 Å². The van der Waals surface area contributed by atoms with Crippen molar-refractivity contribution in [1.82, 2.24) is 15.3 Å². The number of nitrogens with zero attached hydrogens (tertiary/aromatic N) is 2. The van der Waals surface area contributed by atoms with E-state index in [1.165, 1.54) is 6.92 Å². The third-order valence-electron chi connectivity index (χ3n) is 4.36. The van der Waals surface area contributed by atoms with Gasteiger partial charge >= 0.3 is 5.97 Å². The Bertz CT molecular complexity index is 764. The predicted molar refractivity (Wildman–Crippen MR) is 99.7 cm³/mol. The van der Waals surface area contributed by atoms with Crippen LogP contribution in [0.5, 0.6) is 5.75 Å². The van der Waals surface area contributed by atoms with Crippen LogP contribution >= 0.6 is 0 Å². The zero-order valence-electron chi connectivity index (χ0n) is 15.1. The Morgan fingerprint density at radius 3 is 1.96 bits per heavy atom. The molecule has 0 spiro atoms. The topological polar surface area (TPSA) is 61.9 Å². The molecule has 2 aromatic rings. The second-order valence-electron chi connectivity index (χ2n) is 6.43. The number of carbonyl (C=O) groups excluding carboxylic acids is 2. The third-order valence-corrected chi connectivity index (χ3v) is 4.36. The van der Waals surface area contributed by atoms with Crippen molar-refractivity contribution in [1.29, 1.82) is 0 Å².